The lowest BCUT2D eigenvalue weighted by Crippen LogP contribution is -2.41. The summed E-state index contributed by atoms with van der Waals surface area (Å²) in [5.41, 5.74) is 2.42. The van der Waals surface area contributed by atoms with Crippen molar-refractivity contribution < 1.29 is 5.11 Å². The summed E-state index contributed by atoms with van der Waals surface area (Å²) in [6.45, 7) is 9.66. The monoisotopic (exact) mass is 249 g/mol. The fourth-order valence-electron chi connectivity index (χ4n) is 2.00. The highest BCUT2D eigenvalue weighted by atomic mass is 16.3. The van der Waals surface area contributed by atoms with Crippen LogP contribution in [0.2, 0.25) is 0 Å². The normalized spacial score (nSPS) is 13.9. The number of hydrogen-bond acceptors (Lipinski definition) is 2. The van der Waals surface area contributed by atoms with Crippen LogP contribution in [0.15, 0.2) is 24.3 Å². The lowest BCUT2D eigenvalue weighted by atomic mass is 9.97. The van der Waals surface area contributed by atoms with Gasteiger partial charge in [-0.05, 0) is 51.8 Å². The molecule has 1 aromatic rings. The van der Waals surface area contributed by atoms with Crippen molar-refractivity contribution in [1.82, 2.24) is 4.90 Å². The zero-order valence-electron chi connectivity index (χ0n) is 12.4. The van der Waals surface area contributed by atoms with E-state index in [2.05, 4.69) is 45.7 Å². The van der Waals surface area contributed by atoms with Gasteiger partial charge < -0.3 is 10.0 Å². The number of benzene rings is 1. The molecule has 1 rings (SSSR count). The fourth-order valence-corrected chi connectivity index (χ4v) is 2.00. The first-order chi connectivity index (χ1) is 8.38. The molecular formula is C16H27NO. The van der Waals surface area contributed by atoms with E-state index in [0.29, 0.717) is 0 Å². The van der Waals surface area contributed by atoms with Crippen molar-refractivity contribution in [2.75, 3.05) is 13.6 Å². The summed E-state index contributed by atoms with van der Waals surface area (Å²) in [6.07, 6.45) is 1.54. The number of nitrogens with zero attached hydrogens (tertiary/aromatic N) is 1. The third-order valence-electron chi connectivity index (χ3n) is 4.18. The lowest BCUT2D eigenvalue weighted by Gasteiger charge is -2.35. The second kappa shape index (κ2) is 6.35. The topological polar surface area (TPSA) is 23.5 Å². The van der Waals surface area contributed by atoms with Gasteiger partial charge in [0.1, 0.15) is 0 Å². The molecule has 1 aromatic carbocycles. The predicted octanol–water partition coefficient (Wildman–Crippen LogP) is 3.54. The highest BCUT2D eigenvalue weighted by molar-refractivity contribution is 5.27. The maximum absolute atomic E-state index is 10.3. The molecule has 0 fully saturated rings. The number of aryl methyl sites for hydroxylation is 1. The molecule has 0 saturated carbocycles. The molecule has 102 valence electrons. The molecule has 0 spiro atoms. The third kappa shape index (κ3) is 3.82. The number of aliphatic hydroxyl groups is 1. The molecule has 0 aliphatic heterocycles. The quantitative estimate of drug-likeness (QED) is 0.833. The van der Waals surface area contributed by atoms with Gasteiger partial charge in [-0.15, -0.1) is 0 Å². The van der Waals surface area contributed by atoms with Crippen LogP contribution in [-0.2, 0) is 0 Å². The van der Waals surface area contributed by atoms with Crippen LogP contribution >= 0.6 is 0 Å². The second-order valence-electron chi connectivity index (χ2n) is 5.75. The van der Waals surface area contributed by atoms with Crippen LogP contribution in [0.5, 0.6) is 0 Å². The minimum atomic E-state index is -0.360. The molecule has 2 nitrogen and oxygen atoms in total. The van der Waals surface area contributed by atoms with Crippen LogP contribution in [0.3, 0.4) is 0 Å². The standard InChI is InChI=1S/C16H27NO/c1-6-16(3,4)17(5)12-11-15(18)14-10-8-7-9-13(14)2/h7-10,15,18H,6,11-12H2,1-5H3. The Morgan fingerprint density at radius 3 is 2.44 bits per heavy atom. The highest BCUT2D eigenvalue weighted by Gasteiger charge is 2.21. The van der Waals surface area contributed by atoms with E-state index in [9.17, 15) is 5.11 Å². The molecule has 0 amide bonds. The van der Waals surface area contributed by atoms with Crippen molar-refractivity contribution in [2.24, 2.45) is 0 Å². The van der Waals surface area contributed by atoms with E-state index in [4.69, 9.17) is 0 Å². The van der Waals surface area contributed by atoms with Crippen LogP contribution in [0.25, 0.3) is 0 Å². The van der Waals surface area contributed by atoms with Crippen LogP contribution in [-0.4, -0.2) is 29.1 Å². The Labute approximate surface area is 112 Å². The van der Waals surface area contributed by atoms with Gasteiger partial charge in [0.2, 0.25) is 0 Å². The molecule has 0 aliphatic rings. The van der Waals surface area contributed by atoms with Gasteiger partial charge in [-0.1, -0.05) is 31.2 Å². The summed E-state index contributed by atoms with van der Waals surface area (Å²) in [7, 11) is 2.13. The Balaban J connectivity index is 2.57. The van der Waals surface area contributed by atoms with Crippen LogP contribution < -0.4 is 0 Å². The fraction of sp³-hybridized carbons (Fsp3) is 0.625. The highest BCUT2D eigenvalue weighted by Crippen LogP contribution is 2.23. The summed E-state index contributed by atoms with van der Waals surface area (Å²) in [4.78, 5) is 2.33. The van der Waals surface area contributed by atoms with Gasteiger partial charge in [-0.2, -0.15) is 0 Å². The first kappa shape index (κ1) is 15.2. The SMILES string of the molecule is CCC(C)(C)N(C)CCC(O)c1ccccc1C. The van der Waals surface area contributed by atoms with E-state index < -0.39 is 0 Å². The van der Waals surface area contributed by atoms with Gasteiger partial charge in [0.05, 0.1) is 6.10 Å². The molecule has 0 aliphatic carbocycles. The first-order valence-electron chi connectivity index (χ1n) is 6.83. The first-order valence-corrected chi connectivity index (χ1v) is 6.83. The molecule has 1 unspecified atom stereocenters. The van der Waals surface area contributed by atoms with Crippen LogP contribution in [0.4, 0.5) is 0 Å². The molecule has 0 aromatic heterocycles. The molecule has 0 heterocycles. The largest absolute Gasteiger partial charge is 0.388 e. The van der Waals surface area contributed by atoms with Gasteiger partial charge >= 0.3 is 0 Å². The van der Waals surface area contributed by atoms with Gasteiger partial charge in [-0.3, -0.25) is 0 Å². The van der Waals surface area contributed by atoms with Gasteiger partial charge in [0.15, 0.2) is 0 Å². The Morgan fingerprint density at radius 2 is 1.89 bits per heavy atom. The second-order valence-corrected chi connectivity index (χ2v) is 5.75. The minimum absolute atomic E-state index is 0.200. The molecule has 0 saturated heterocycles. The van der Waals surface area contributed by atoms with Crippen molar-refractivity contribution in [3.8, 4) is 0 Å². The molecule has 18 heavy (non-hydrogen) atoms. The summed E-state index contributed by atoms with van der Waals surface area (Å²) < 4.78 is 0. The van der Waals surface area contributed by atoms with E-state index >= 15 is 0 Å². The molecular weight excluding hydrogens is 222 g/mol. The van der Waals surface area contributed by atoms with Crippen LogP contribution in [0, 0.1) is 6.92 Å². The van der Waals surface area contributed by atoms with Crippen molar-refractivity contribution in [3.05, 3.63) is 35.4 Å². The zero-order chi connectivity index (χ0) is 13.8. The number of hydrogen-bond donors (Lipinski definition) is 1. The van der Waals surface area contributed by atoms with E-state index in [-0.39, 0.29) is 11.6 Å². The van der Waals surface area contributed by atoms with Crippen molar-refractivity contribution in [2.45, 2.75) is 52.2 Å². The van der Waals surface area contributed by atoms with Crippen molar-refractivity contribution in [1.29, 1.82) is 0 Å². The van der Waals surface area contributed by atoms with Crippen molar-refractivity contribution in [3.63, 3.8) is 0 Å². The molecule has 1 atom stereocenters. The van der Waals surface area contributed by atoms with Gasteiger partial charge in [0, 0.05) is 12.1 Å². The van der Waals surface area contributed by atoms with E-state index in [1.807, 2.05) is 18.2 Å². The average Bonchev–Trinajstić information content (AvgIpc) is 2.36. The molecule has 1 N–H and O–H groups in total. The van der Waals surface area contributed by atoms with Crippen LogP contribution in [0.1, 0.15) is 50.8 Å². The molecule has 2 heteroatoms. The van der Waals surface area contributed by atoms with E-state index in [0.717, 1.165) is 24.9 Å². The summed E-state index contributed by atoms with van der Waals surface area (Å²) in [5, 5.41) is 10.3. The molecule has 0 bridgehead atoms. The number of aliphatic hydroxyl groups excluding tert-OH is 1. The zero-order valence-corrected chi connectivity index (χ0v) is 12.4. The van der Waals surface area contributed by atoms with Gasteiger partial charge in [0.25, 0.3) is 0 Å². The number of rotatable bonds is 6. The Morgan fingerprint density at radius 1 is 1.28 bits per heavy atom. The summed E-state index contributed by atoms with van der Waals surface area (Å²) >= 11 is 0. The Hall–Kier alpha value is -0.860. The summed E-state index contributed by atoms with van der Waals surface area (Å²) in [5.74, 6) is 0. The predicted molar refractivity (Wildman–Crippen MR) is 77.8 cm³/mol. The smallest absolute Gasteiger partial charge is 0.0804 e. The maximum Gasteiger partial charge on any atom is 0.0804 e. The Bertz CT molecular complexity index is 373. The minimum Gasteiger partial charge on any atom is -0.388 e. The van der Waals surface area contributed by atoms with Crippen molar-refractivity contribution >= 4 is 0 Å². The Kier molecular flexibility index (Phi) is 5.36. The summed E-state index contributed by atoms with van der Waals surface area (Å²) in [6, 6.07) is 8.08. The average molecular weight is 249 g/mol. The van der Waals surface area contributed by atoms with Gasteiger partial charge in [-0.25, -0.2) is 0 Å². The molecule has 0 radical (unpaired) electrons. The maximum atomic E-state index is 10.3. The van der Waals surface area contributed by atoms with E-state index in [1.54, 1.807) is 0 Å². The van der Waals surface area contributed by atoms with E-state index in [1.165, 1.54) is 5.56 Å². The third-order valence-corrected chi connectivity index (χ3v) is 4.18. The lowest BCUT2D eigenvalue weighted by molar-refractivity contribution is 0.104.